The third kappa shape index (κ3) is 2.85. The molecule has 1 N–H and O–H groups in total. The zero-order chi connectivity index (χ0) is 16.7. The van der Waals surface area contributed by atoms with E-state index in [9.17, 15) is 9.50 Å². The van der Waals surface area contributed by atoms with E-state index in [1.54, 1.807) is 19.1 Å². The molecule has 0 atom stereocenters. The van der Waals surface area contributed by atoms with Gasteiger partial charge in [-0.25, -0.2) is 4.39 Å². The van der Waals surface area contributed by atoms with Gasteiger partial charge in [-0.2, -0.15) is 0 Å². The normalized spacial score (nSPS) is 20.8. The van der Waals surface area contributed by atoms with Crippen molar-refractivity contribution >= 4 is 12.7 Å². The standard InChI is InChI=1S/C16H22BFO4/c1-10(11-7-8-12(19)13(9-11)20-6)14(18)17-21-15(2,3)16(4,5)22-17/h7-9,19H,1-6H3. The van der Waals surface area contributed by atoms with E-state index in [2.05, 4.69) is 0 Å². The molecule has 0 unspecified atom stereocenters. The van der Waals surface area contributed by atoms with Gasteiger partial charge in [0.15, 0.2) is 11.5 Å². The van der Waals surface area contributed by atoms with Gasteiger partial charge in [0.1, 0.15) is 5.73 Å². The van der Waals surface area contributed by atoms with Crippen LogP contribution in [0, 0.1) is 0 Å². The van der Waals surface area contributed by atoms with Crippen molar-refractivity contribution in [3.63, 3.8) is 0 Å². The molecule has 120 valence electrons. The Balaban J connectivity index is 2.35. The molecule has 0 radical (unpaired) electrons. The van der Waals surface area contributed by atoms with Crippen LogP contribution in [0.15, 0.2) is 23.9 Å². The number of hydrogen-bond donors (Lipinski definition) is 1. The van der Waals surface area contributed by atoms with Crippen LogP contribution in [0.2, 0.25) is 0 Å². The maximum absolute atomic E-state index is 14.7. The molecule has 0 aliphatic carbocycles. The summed E-state index contributed by atoms with van der Waals surface area (Å²) in [4.78, 5) is 0. The average Bonchev–Trinajstić information content (AvgIpc) is 2.66. The van der Waals surface area contributed by atoms with Crippen molar-refractivity contribution in [3.8, 4) is 11.5 Å². The van der Waals surface area contributed by atoms with E-state index in [0.717, 1.165) is 0 Å². The van der Waals surface area contributed by atoms with Crippen molar-refractivity contribution in [2.45, 2.75) is 45.8 Å². The fourth-order valence-corrected chi connectivity index (χ4v) is 2.17. The van der Waals surface area contributed by atoms with Gasteiger partial charge in [-0.3, -0.25) is 0 Å². The lowest BCUT2D eigenvalue weighted by molar-refractivity contribution is 0.00578. The van der Waals surface area contributed by atoms with Crippen LogP contribution in [0.5, 0.6) is 11.5 Å². The number of rotatable bonds is 3. The molecular weight excluding hydrogens is 286 g/mol. The van der Waals surface area contributed by atoms with Crippen molar-refractivity contribution in [2.24, 2.45) is 0 Å². The van der Waals surface area contributed by atoms with Crippen molar-refractivity contribution in [1.82, 2.24) is 0 Å². The van der Waals surface area contributed by atoms with E-state index in [1.165, 1.54) is 13.2 Å². The molecule has 1 aromatic rings. The molecule has 0 spiro atoms. The van der Waals surface area contributed by atoms with Crippen LogP contribution >= 0.6 is 0 Å². The van der Waals surface area contributed by atoms with Crippen LogP contribution in [0.4, 0.5) is 4.39 Å². The monoisotopic (exact) mass is 308 g/mol. The number of allylic oxidation sites excluding steroid dienone is 1. The molecule has 2 rings (SSSR count). The first-order valence-corrected chi connectivity index (χ1v) is 7.18. The molecule has 0 saturated carbocycles. The zero-order valence-electron chi connectivity index (χ0n) is 13.9. The van der Waals surface area contributed by atoms with Crippen LogP contribution in [0.3, 0.4) is 0 Å². The molecule has 4 nitrogen and oxygen atoms in total. The molecule has 22 heavy (non-hydrogen) atoms. The van der Waals surface area contributed by atoms with Gasteiger partial charge >= 0.3 is 7.12 Å². The minimum Gasteiger partial charge on any atom is -0.504 e. The van der Waals surface area contributed by atoms with Gasteiger partial charge < -0.3 is 19.2 Å². The second-order valence-electron chi connectivity index (χ2n) is 6.45. The van der Waals surface area contributed by atoms with Gasteiger partial charge in [0.05, 0.1) is 18.3 Å². The number of phenols is 1. The smallest absolute Gasteiger partial charge is 0.504 e. The van der Waals surface area contributed by atoms with E-state index in [1.807, 2.05) is 27.7 Å². The van der Waals surface area contributed by atoms with E-state index in [0.29, 0.717) is 16.9 Å². The number of halogens is 1. The number of methoxy groups -OCH3 is 1. The Morgan fingerprint density at radius 3 is 2.23 bits per heavy atom. The first-order valence-electron chi connectivity index (χ1n) is 7.18. The Bertz CT molecular complexity index is 594. The van der Waals surface area contributed by atoms with E-state index < -0.39 is 24.0 Å². The molecule has 1 saturated heterocycles. The second-order valence-corrected chi connectivity index (χ2v) is 6.45. The molecule has 6 heteroatoms. The SMILES string of the molecule is COc1cc(C(C)=C(F)B2OC(C)(C)C(C)(C)O2)ccc1O. The molecule has 1 fully saturated rings. The maximum Gasteiger partial charge on any atom is 0.525 e. The molecular formula is C16H22BFO4. The minimum absolute atomic E-state index is 0.00934. The summed E-state index contributed by atoms with van der Waals surface area (Å²) in [7, 11) is 0.410. The summed E-state index contributed by atoms with van der Waals surface area (Å²) in [6.45, 7) is 9.14. The summed E-state index contributed by atoms with van der Waals surface area (Å²) in [6, 6.07) is 4.67. The number of benzene rings is 1. The quantitative estimate of drug-likeness (QED) is 0.864. The largest absolute Gasteiger partial charge is 0.525 e. The lowest BCUT2D eigenvalue weighted by Gasteiger charge is -2.32. The lowest BCUT2D eigenvalue weighted by Crippen LogP contribution is -2.41. The third-order valence-corrected chi connectivity index (χ3v) is 4.43. The summed E-state index contributed by atoms with van der Waals surface area (Å²) in [5.41, 5.74) is -0.686. The van der Waals surface area contributed by atoms with Crippen LogP contribution in [0.25, 0.3) is 5.57 Å². The predicted molar refractivity (Wildman–Crippen MR) is 84.4 cm³/mol. The van der Waals surface area contributed by atoms with Gasteiger partial charge in [0, 0.05) is 0 Å². The summed E-state index contributed by atoms with van der Waals surface area (Å²) in [5, 5.41) is 9.62. The lowest BCUT2D eigenvalue weighted by atomic mass is 9.83. The highest BCUT2D eigenvalue weighted by Crippen LogP contribution is 2.40. The Morgan fingerprint density at radius 1 is 1.18 bits per heavy atom. The van der Waals surface area contributed by atoms with Crippen molar-refractivity contribution in [1.29, 1.82) is 0 Å². The van der Waals surface area contributed by atoms with Crippen LogP contribution in [0.1, 0.15) is 40.2 Å². The fraction of sp³-hybridized carbons (Fsp3) is 0.500. The first-order chi connectivity index (χ1) is 10.1. The Hall–Kier alpha value is -1.53. The number of ether oxygens (including phenoxy) is 1. The molecule has 0 aromatic heterocycles. The van der Waals surface area contributed by atoms with Crippen LogP contribution in [-0.4, -0.2) is 30.5 Å². The number of aromatic hydroxyl groups is 1. The molecule has 1 heterocycles. The number of phenolic OH excluding ortho intramolecular Hbond substituents is 1. The summed E-state index contributed by atoms with van der Waals surface area (Å²) in [5.74, 6) is 0.300. The molecule has 0 bridgehead atoms. The zero-order valence-corrected chi connectivity index (χ0v) is 13.9. The van der Waals surface area contributed by atoms with Crippen molar-refractivity contribution in [3.05, 3.63) is 29.5 Å². The predicted octanol–water partition coefficient (Wildman–Crippen LogP) is 3.73. The van der Waals surface area contributed by atoms with Gasteiger partial charge in [-0.05, 0) is 57.9 Å². The Morgan fingerprint density at radius 2 is 1.73 bits per heavy atom. The molecule has 0 amide bonds. The maximum atomic E-state index is 14.7. The van der Waals surface area contributed by atoms with Crippen molar-refractivity contribution in [2.75, 3.05) is 7.11 Å². The Labute approximate surface area is 131 Å². The van der Waals surface area contributed by atoms with E-state index >= 15 is 0 Å². The van der Waals surface area contributed by atoms with Crippen LogP contribution in [-0.2, 0) is 9.31 Å². The number of hydrogen-bond acceptors (Lipinski definition) is 4. The summed E-state index contributed by atoms with van der Waals surface area (Å²) < 4.78 is 31.2. The highest BCUT2D eigenvalue weighted by Gasteiger charge is 2.53. The first kappa shape index (κ1) is 16.8. The summed E-state index contributed by atoms with van der Waals surface area (Å²) in [6.07, 6.45) is 0. The van der Waals surface area contributed by atoms with E-state index in [-0.39, 0.29) is 5.75 Å². The highest BCUT2D eigenvalue weighted by molar-refractivity contribution is 6.55. The van der Waals surface area contributed by atoms with Crippen LogP contribution < -0.4 is 4.74 Å². The van der Waals surface area contributed by atoms with Gasteiger partial charge in [-0.1, -0.05) is 6.07 Å². The van der Waals surface area contributed by atoms with Gasteiger partial charge in [0.2, 0.25) is 0 Å². The molecule has 1 aromatic carbocycles. The summed E-state index contributed by atoms with van der Waals surface area (Å²) >= 11 is 0. The second kappa shape index (κ2) is 5.59. The third-order valence-electron chi connectivity index (χ3n) is 4.43. The highest BCUT2D eigenvalue weighted by atomic mass is 19.1. The topological polar surface area (TPSA) is 47.9 Å². The van der Waals surface area contributed by atoms with Crippen molar-refractivity contribution < 1.29 is 23.5 Å². The average molecular weight is 308 g/mol. The molecule has 1 aliphatic heterocycles. The van der Waals surface area contributed by atoms with E-state index in [4.69, 9.17) is 14.0 Å². The fourth-order valence-electron chi connectivity index (χ4n) is 2.17. The van der Waals surface area contributed by atoms with Gasteiger partial charge in [-0.15, -0.1) is 0 Å². The van der Waals surface area contributed by atoms with Gasteiger partial charge in [0.25, 0.3) is 0 Å². The Kier molecular flexibility index (Phi) is 4.28. The molecule has 1 aliphatic rings. The minimum atomic E-state index is -1.04.